The van der Waals surface area contributed by atoms with Gasteiger partial charge in [0.25, 0.3) is 0 Å². The van der Waals surface area contributed by atoms with Gasteiger partial charge in [-0.3, -0.25) is 4.98 Å². The number of aromatic amines is 2. The van der Waals surface area contributed by atoms with Gasteiger partial charge in [0.15, 0.2) is 5.82 Å². The normalized spacial score (nSPS) is 10.2. The van der Waals surface area contributed by atoms with Gasteiger partial charge >= 0.3 is 5.69 Å². The highest BCUT2D eigenvalue weighted by Gasteiger charge is 2.01. The van der Waals surface area contributed by atoms with Gasteiger partial charge < -0.3 is 0 Å². The zero-order valence-corrected chi connectivity index (χ0v) is 6.54. The fraction of sp³-hybridized carbons (Fsp3) is 0. The standard InChI is InChI=1S/C8H6FN3O/c9-6-3-1-2-5(4-6)7-10-8(13)12-11-7/h1-4H,(H2,10,11,12,13). The smallest absolute Gasteiger partial charge is 0.289 e. The lowest BCUT2D eigenvalue weighted by molar-refractivity contribution is 0.628. The minimum Gasteiger partial charge on any atom is -0.289 e. The molecular weight excluding hydrogens is 173 g/mol. The van der Waals surface area contributed by atoms with Crippen LogP contribution in [0.3, 0.4) is 0 Å². The first-order valence-electron chi connectivity index (χ1n) is 3.66. The Morgan fingerprint density at radius 1 is 1.38 bits per heavy atom. The number of halogens is 1. The predicted molar refractivity (Wildman–Crippen MR) is 44.6 cm³/mol. The summed E-state index contributed by atoms with van der Waals surface area (Å²) >= 11 is 0. The summed E-state index contributed by atoms with van der Waals surface area (Å²) in [5, 5.41) is 5.87. The molecule has 0 aliphatic heterocycles. The average molecular weight is 179 g/mol. The largest absolute Gasteiger partial charge is 0.340 e. The van der Waals surface area contributed by atoms with E-state index in [9.17, 15) is 9.18 Å². The SMILES string of the molecule is O=c1[nH]nc(-c2cccc(F)c2)[nH]1. The van der Waals surface area contributed by atoms with E-state index >= 15 is 0 Å². The van der Waals surface area contributed by atoms with E-state index in [1.165, 1.54) is 12.1 Å². The molecule has 2 rings (SSSR count). The number of nitrogens with zero attached hydrogens (tertiary/aromatic N) is 1. The maximum atomic E-state index is 12.7. The van der Waals surface area contributed by atoms with E-state index in [-0.39, 0.29) is 5.82 Å². The molecule has 66 valence electrons. The Balaban J connectivity index is 2.52. The third-order valence-corrected chi connectivity index (χ3v) is 1.60. The van der Waals surface area contributed by atoms with Crippen LogP contribution in [0.4, 0.5) is 4.39 Å². The molecular formula is C8H6FN3O. The topological polar surface area (TPSA) is 61.5 Å². The Labute approximate surface area is 72.4 Å². The summed E-state index contributed by atoms with van der Waals surface area (Å²) in [4.78, 5) is 13.1. The maximum absolute atomic E-state index is 12.7. The minimum atomic E-state index is -0.403. The van der Waals surface area contributed by atoms with Gasteiger partial charge in [0.2, 0.25) is 0 Å². The van der Waals surface area contributed by atoms with E-state index in [0.29, 0.717) is 11.4 Å². The lowest BCUT2D eigenvalue weighted by Crippen LogP contribution is -2.00. The monoisotopic (exact) mass is 179 g/mol. The molecule has 0 saturated heterocycles. The van der Waals surface area contributed by atoms with Gasteiger partial charge in [-0.05, 0) is 12.1 Å². The number of nitrogens with one attached hydrogen (secondary N) is 2. The van der Waals surface area contributed by atoms with Gasteiger partial charge in [-0.2, -0.15) is 5.10 Å². The van der Waals surface area contributed by atoms with Crippen molar-refractivity contribution in [2.24, 2.45) is 0 Å². The van der Waals surface area contributed by atoms with Gasteiger partial charge in [0.05, 0.1) is 0 Å². The van der Waals surface area contributed by atoms with Gasteiger partial charge in [-0.1, -0.05) is 12.1 Å². The Hall–Kier alpha value is -1.91. The second-order valence-corrected chi connectivity index (χ2v) is 2.54. The minimum absolute atomic E-state index is 0.338. The summed E-state index contributed by atoms with van der Waals surface area (Å²) in [5.74, 6) is -0.0224. The number of hydrogen-bond acceptors (Lipinski definition) is 2. The molecule has 0 fully saturated rings. The average Bonchev–Trinajstić information content (AvgIpc) is 2.52. The molecule has 0 saturated carbocycles. The van der Waals surface area contributed by atoms with Crippen molar-refractivity contribution in [1.29, 1.82) is 0 Å². The van der Waals surface area contributed by atoms with E-state index in [1.807, 2.05) is 0 Å². The van der Waals surface area contributed by atoms with Crippen molar-refractivity contribution in [2.45, 2.75) is 0 Å². The first-order chi connectivity index (χ1) is 6.25. The molecule has 2 N–H and O–H groups in total. The molecule has 0 spiro atoms. The van der Waals surface area contributed by atoms with Crippen molar-refractivity contribution >= 4 is 0 Å². The van der Waals surface area contributed by atoms with Crippen LogP contribution >= 0.6 is 0 Å². The van der Waals surface area contributed by atoms with Crippen LogP contribution in [0.2, 0.25) is 0 Å². The van der Waals surface area contributed by atoms with Crippen molar-refractivity contribution in [1.82, 2.24) is 15.2 Å². The second-order valence-electron chi connectivity index (χ2n) is 2.54. The van der Waals surface area contributed by atoms with Crippen LogP contribution in [-0.2, 0) is 0 Å². The van der Waals surface area contributed by atoms with Gasteiger partial charge in [0, 0.05) is 5.56 Å². The molecule has 1 aromatic heterocycles. The molecule has 0 aliphatic rings. The molecule has 5 heteroatoms. The van der Waals surface area contributed by atoms with E-state index in [0.717, 1.165) is 0 Å². The van der Waals surface area contributed by atoms with E-state index < -0.39 is 5.69 Å². The highest BCUT2D eigenvalue weighted by Crippen LogP contribution is 2.13. The number of H-pyrrole nitrogens is 2. The van der Waals surface area contributed by atoms with Crippen LogP contribution in [-0.4, -0.2) is 15.2 Å². The van der Waals surface area contributed by atoms with Crippen LogP contribution < -0.4 is 5.69 Å². The Kier molecular flexibility index (Phi) is 1.70. The summed E-state index contributed by atoms with van der Waals surface area (Å²) in [6.45, 7) is 0. The van der Waals surface area contributed by atoms with Gasteiger partial charge in [0.1, 0.15) is 5.82 Å². The quantitative estimate of drug-likeness (QED) is 0.683. The Morgan fingerprint density at radius 3 is 2.85 bits per heavy atom. The van der Waals surface area contributed by atoms with Gasteiger partial charge in [-0.15, -0.1) is 0 Å². The van der Waals surface area contributed by atoms with Crippen molar-refractivity contribution in [2.75, 3.05) is 0 Å². The molecule has 0 bridgehead atoms. The maximum Gasteiger partial charge on any atom is 0.340 e. The summed E-state index contributed by atoms with van der Waals surface area (Å²) in [6, 6.07) is 5.84. The molecule has 0 amide bonds. The molecule has 1 aromatic carbocycles. The molecule has 1 heterocycles. The first-order valence-corrected chi connectivity index (χ1v) is 3.66. The number of rotatable bonds is 1. The molecule has 0 unspecified atom stereocenters. The van der Waals surface area contributed by atoms with Crippen LogP contribution in [0.25, 0.3) is 11.4 Å². The fourth-order valence-corrected chi connectivity index (χ4v) is 1.04. The van der Waals surface area contributed by atoms with Crippen molar-refractivity contribution in [3.05, 3.63) is 40.6 Å². The van der Waals surface area contributed by atoms with E-state index in [4.69, 9.17) is 0 Å². The highest BCUT2D eigenvalue weighted by molar-refractivity contribution is 5.53. The number of benzene rings is 1. The summed E-state index contributed by atoms with van der Waals surface area (Å²) < 4.78 is 12.7. The number of aromatic nitrogens is 3. The number of hydrogen-bond donors (Lipinski definition) is 2. The Morgan fingerprint density at radius 2 is 2.23 bits per heavy atom. The van der Waals surface area contributed by atoms with E-state index in [2.05, 4.69) is 15.2 Å². The molecule has 0 atom stereocenters. The molecule has 4 nitrogen and oxygen atoms in total. The summed E-state index contributed by atoms with van der Waals surface area (Å²) in [5.41, 5.74) is 0.137. The highest BCUT2D eigenvalue weighted by atomic mass is 19.1. The van der Waals surface area contributed by atoms with Crippen molar-refractivity contribution in [3.8, 4) is 11.4 Å². The van der Waals surface area contributed by atoms with Crippen molar-refractivity contribution < 1.29 is 4.39 Å². The third kappa shape index (κ3) is 1.48. The summed E-state index contributed by atoms with van der Waals surface area (Å²) in [7, 11) is 0. The Bertz CT molecular complexity index is 474. The molecule has 0 aliphatic carbocycles. The molecule has 13 heavy (non-hydrogen) atoms. The van der Waals surface area contributed by atoms with Crippen LogP contribution in [0, 0.1) is 5.82 Å². The lowest BCUT2D eigenvalue weighted by atomic mass is 10.2. The van der Waals surface area contributed by atoms with Crippen LogP contribution in [0.15, 0.2) is 29.1 Å². The summed E-state index contributed by atoms with van der Waals surface area (Å²) in [6.07, 6.45) is 0. The molecule has 2 aromatic rings. The van der Waals surface area contributed by atoms with Crippen LogP contribution in [0.5, 0.6) is 0 Å². The zero-order valence-electron chi connectivity index (χ0n) is 6.54. The van der Waals surface area contributed by atoms with E-state index in [1.54, 1.807) is 12.1 Å². The second kappa shape index (κ2) is 2.85. The zero-order chi connectivity index (χ0) is 9.26. The van der Waals surface area contributed by atoms with Crippen molar-refractivity contribution in [3.63, 3.8) is 0 Å². The van der Waals surface area contributed by atoms with Crippen LogP contribution in [0.1, 0.15) is 0 Å². The predicted octanol–water partition coefficient (Wildman–Crippen LogP) is 0.904. The fourth-order valence-electron chi connectivity index (χ4n) is 1.04. The molecule has 0 radical (unpaired) electrons. The first kappa shape index (κ1) is 7.72. The third-order valence-electron chi connectivity index (χ3n) is 1.60. The van der Waals surface area contributed by atoms with Gasteiger partial charge in [-0.25, -0.2) is 14.3 Å². The lowest BCUT2D eigenvalue weighted by Gasteiger charge is -1.93.